The number of amides is 1. The van der Waals surface area contributed by atoms with Crippen molar-refractivity contribution >= 4 is 31.1 Å². The molecule has 0 saturated heterocycles. The summed E-state index contributed by atoms with van der Waals surface area (Å²) in [5.74, 6) is 0.817. The van der Waals surface area contributed by atoms with Crippen molar-refractivity contribution in [2.75, 3.05) is 12.4 Å². The van der Waals surface area contributed by atoms with Crippen molar-refractivity contribution in [1.82, 2.24) is 5.32 Å². The van der Waals surface area contributed by atoms with E-state index in [4.69, 9.17) is 4.43 Å². The number of carbonyl (C=O) groups excluding carboxylic acids is 2. The van der Waals surface area contributed by atoms with Gasteiger partial charge in [0.05, 0.1) is 12.6 Å². The van der Waals surface area contributed by atoms with Crippen LogP contribution in [0.1, 0.15) is 105 Å². The quantitative estimate of drug-likeness (QED) is 0.186. The van der Waals surface area contributed by atoms with Crippen LogP contribution in [0.4, 0.5) is 0 Å². The SMILES string of the molecule is CCCCCCCCCCCC(=O)N[C@@H](CO[Si](C)(C)C(C)(C)C)CC(=O)SCC. The zero-order valence-electron chi connectivity index (χ0n) is 20.9. The molecule has 1 N–H and O–H groups in total. The Balaban J connectivity index is 4.34. The van der Waals surface area contributed by atoms with Gasteiger partial charge in [0.15, 0.2) is 13.4 Å². The summed E-state index contributed by atoms with van der Waals surface area (Å²) in [6, 6.07) is -0.225. The van der Waals surface area contributed by atoms with Gasteiger partial charge in [-0.15, -0.1) is 0 Å². The molecule has 1 amide bonds. The molecule has 0 unspecified atom stereocenters. The van der Waals surface area contributed by atoms with Gasteiger partial charge >= 0.3 is 0 Å². The van der Waals surface area contributed by atoms with Gasteiger partial charge in [0.2, 0.25) is 5.91 Å². The van der Waals surface area contributed by atoms with Gasteiger partial charge in [-0.1, -0.05) is 97.7 Å². The molecule has 0 spiro atoms. The minimum atomic E-state index is -1.91. The summed E-state index contributed by atoms with van der Waals surface area (Å²) in [5.41, 5.74) is 0. The first-order chi connectivity index (χ1) is 14.0. The van der Waals surface area contributed by atoms with Crippen LogP contribution in [0.25, 0.3) is 0 Å². The average Bonchev–Trinajstić information content (AvgIpc) is 2.64. The minimum Gasteiger partial charge on any atom is -0.415 e. The number of nitrogens with one attached hydrogen (secondary N) is 1. The predicted octanol–water partition coefficient (Wildman–Crippen LogP) is 7.08. The first-order valence-corrected chi connectivity index (χ1v) is 16.0. The van der Waals surface area contributed by atoms with Crippen LogP contribution in [0.3, 0.4) is 0 Å². The highest BCUT2D eigenvalue weighted by atomic mass is 32.2. The lowest BCUT2D eigenvalue weighted by Gasteiger charge is -2.37. The zero-order valence-corrected chi connectivity index (χ0v) is 22.7. The fraction of sp³-hybridized carbons (Fsp3) is 0.917. The van der Waals surface area contributed by atoms with Gasteiger partial charge in [-0.3, -0.25) is 9.59 Å². The standard InChI is InChI=1S/C24H49NO3SSi/c1-8-10-11-12-13-14-15-16-17-18-22(26)25-21(19-23(27)29-9-2)20-28-30(6,7)24(3,4)5/h21H,8-20H2,1-7H3,(H,25,26)/t21-/m1/s1. The summed E-state index contributed by atoms with van der Waals surface area (Å²) >= 11 is 1.32. The molecular formula is C24H49NO3SSi. The van der Waals surface area contributed by atoms with E-state index in [9.17, 15) is 9.59 Å². The molecule has 0 aliphatic heterocycles. The van der Waals surface area contributed by atoms with Gasteiger partial charge < -0.3 is 9.74 Å². The molecule has 178 valence electrons. The Morgan fingerprint density at radius 1 is 0.933 bits per heavy atom. The molecular weight excluding hydrogens is 410 g/mol. The molecule has 0 bridgehead atoms. The van der Waals surface area contributed by atoms with Crippen LogP contribution in [-0.4, -0.2) is 37.7 Å². The number of thioether (sulfide) groups is 1. The van der Waals surface area contributed by atoms with Crippen molar-refractivity contribution in [3.8, 4) is 0 Å². The average molecular weight is 460 g/mol. The van der Waals surface area contributed by atoms with E-state index in [0.717, 1.165) is 18.6 Å². The van der Waals surface area contributed by atoms with E-state index in [0.29, 0.717) is 19.4 Å². The summed E-state index contributed by atoms with van der Waals surface area (Å²) in [6.45, 7) is 15.7. The van der Waals surface area contributed by atoms with Crippen LogP contribution in [0.2, 0.25) is 18.1 Å². The first kappa shape index (κ1) is 29.7. The molecule has 4 nitrogen and oxygen atoms in total. The lowest BCUT2D eigenvalue weighted by atomic mass is 10.1. The third kappa shape index (κ3) is 14.6. The lowest BCUT2D eigenvalue weighted by molar-refractivity contribution is -0.122. The van der Waals surface area contributed by atoms with Crippen molar-refractivity contribution < 1.29 is 14.0 Å². The Hall–Kier alpha value is -0.333. The summed E-state index contributed by atoms with van der Waals surface area (Å²) in [7, 11) is -1.91. The molecule has 0 fully saturated rings. The molecule has 0 aliphatic carbocycles. The zero-order chi connectivity index (χ0) is 23.0. The molecule has 30 heavy (non-hydrogen) atoms. The molecule has 0 aromatic heterocycles. The maximum absolute atomic E-state index is 12.4. The second kappa shape index (κ2) is 16.3. The van der Waals surface area contributed by atoms with Gasteiger partial charge in [0, 0.05) is 12.8 Å². The second-order valence-electron chi connectivity index (χ2n) is 9.92. The monoisotopic (exact) mass is 459 g/mol. The van der Waals surface area contributed by atoms with Crippen LogP contribution >= 0.6 is 11.8 Å². The van der Waals surface area contributed by atoms with E-state index < -0.39 is 8.32 Å². The van der Waals surface area contributed by atoms with E-state index in [1.54, 1.807) is 0 Å². The number of unbranched alkanes of at least 4 members (excludes halogenated alkanes) is 8. The maximum atomic E-state index is 12.4. The van der Waals surface area contributed by atoms with E-state index >= 15 is 0 Å². The van der Waals surface area contributed by atoms with E-state index in [2.05, 4.69) is 46.1 Å². The molecule has 0 aromatic carbocycles. The molecule has 1 atom stereocenters. The van der Waals surface area contributed by atoms with Crippen molar-refractivity contribution in [1.29, 1.82) is 0 Å². The Morgan fingerprint density at radius 3 is 1.97 bits per heavy atom. The molecule has 0 heterocycles. The smallest absolute Gasteiger partial charge is 0.220 e. The lowest BCUT2D eigenvalue weighted by Crippen LogP contribution is -2.46. The van der Waals surface area contributed by atoms with Gasteiger partial charge in [-0.25, -0.2) is 0 Å². The minimum absolute atomic E-state index is 0.0519. The van der Waals surface area contributed by atoms with E-state index in [1.807, 2.05) is 6.92 Å². The maximum Gasteiger partial charge on any atom is 0.220 e. The molecule has 0 aromatic rings. The number of hydrogen-bond acceptors (Lipinski definition) is 4. The van der Waals surface area contributed by atoms with E-state index in [1.165, 1.54) is 56.7 Å². The first-order valence-electron chi connectivity index (χ1n) is 12.1. The largest absolute Gasteiger partial charge is 0.415 e. The van der Waals surface area contributed by atoms with Gasteiger partial charge in [0.1, 0.15) is 0 Å². The molecule has 0 rings (SSSR count). The number of rotatable bonds is 17. The number of hydrogen-bond donors (Lipinski definition) is 1. The Bertz CT molecular complexity index is 478. The van der Waals surface area contributed by atoms with Gasteiger partial charge in [0.25, 0.3) is 0 Å². The Kier molecular flexibility index (Phi) is 16.1. The van der Waals surface area contributed by atoms with Gasteiger partial charge in [-0.05, 0) is 30.3 Å². The molecule has 0 radical (unpaired) electrons. The summed E-state index contributed by atoms with van der Waals surface area (Å²) in [5, 5.41) is 3.32. The molecule has 0 saturated carbocycles. The molecule has 0 aliphatic rings. The van der Waals surface area contributed by atoms with Crippen LogP contribution < -0.4 is 5.32 Å². The fourth-order valence-corrected chi connectivity index (χ4v) is 4.69. The highest BCUT2D eigenvalue weighted by Gasteiger charge is 2.37. The predicted molar refractivity (Wildman–Crippen MR) is 135 cm³/mol. The van der Waals surface area contributed by atoms with Crippen molar-refractivity contribution in [2.24, 2.45) is 0 Å². The van der Waals surface area contributed by atoms with Crippen molar-refractivity contribution in [3.05, 3.63) is 0 Å². The number of carbonyl (C=O) groups is 2. The second-order valence-corrected chi connectivity index (χ2v) is 16.1. The van der Waals surface area contributed by atoms with Crippen LogP contribution in [-0.2, 0) is 14.0 Å². The normalized spacial score (nSPS) is 13.3. The summed E-state index contributed by atoms with van der Waals surface area (Å²) in [6.07, 6.45) is 12.1. The van der Waals surface area contributed by atoms with Crippen molar-refractivity contribution in [2.45, 2.75) is 129 Å². The fourth-order valence-electron chi connectivity index (χ4n) is 2.99. The topological polar surface area (TPSA) is 55.4 Å². The summed E-state index contributed by atoms with van der Waals surface area (Å²) < 4.78 is 6.30. The van der Waals surface area contributed by atoms with E-state index in [-0.39, 0.29) is 22.1 Å². The Labute approximate surface area is 192 Å². The highest BCUT2D eigenvalue weighted by Crippen LogP contribution is 2.36. The third-order valence-corrected chi connectivity index (χ3v) is 11.3. The van der Waals surface area contributed by atoms with Crippen LogP contribution in [0, 0.1) is 0 Å². The van der Waals surface area contributed by atoms with Crippen molar-refractivity contribution in [3.63, 3.8) is 0 Å². The van der Waals surface area contributed by atoms with Crippen LogP contribution in [0.15, 0.2) is 0 Å². The highest BCUT2D eigenvalue weighted by molar-refractivity contribution is 8.13. The Morgan fingerprint density at radius 2 is 1.47 bits per heavy atom. The van der Waals surface area contributed by atoms with Gasteiger partial charge in [-0.2, -0.15) is 0 Å². The van der Waals surface area contributed by atoms with Crippen LogP contribution in [0.5, 0.6) is 0 Å². The molecule has 6 heteroatoms. The summed E-state index contributed by atoms with van der Waals surface area (Å²) in [4.78, 5) is 24.6. The third-order valence-electron chi connectivity index (χ3n) is 6.04.